The number of aromatic nitrogens is 3. The Hall–Kier alpha value is -2.96. The van der Waals surface area contributed by atoms with Crippen LogP contribution in [0.4, 0.5) is 0 Å². The van der Waals surface area contributed by atoms with Crippen LogP contribution in [0.3, 0.4) is 0 Å². The summed E-state index contributed by atoms with van der Waals surface area (Å²) >= 11 is 0. The molecule has 7 heteroatoms. The molecule has 24 heavy (non-hydrogen) atoms. The van der Waals surface area contributed by atoms with Crippen molar-refractivity contribution in [2.24, 2.45) is 0 Å². The van der Waals surface area contributed by atoms with Crippen LogP contribution < -0.4 is 0 Å². The van der Waals surface area contributed by atoms with Crippen molar-refractivity contribution in [3.05, 3.63) is 53.5 Å². The maximum atomic E-state index is 12.8. The lowest BCUT2D eigenvalue weighted by Crippen LogP contribution is -2.31. The van der Waals surface area contributed by atoms with Gasteiger partial charge in [-0.3, -0.25) is 4.79 Å². The minimum atomic E-state index is -0.161. The summed E-state index contributed by atoms with van der Waals surface area (Å²) in [7, 11) is 0. The second-order valence-corrected chi connectivity index (χ2v) is 5.83. The number of benzene rings is 1. The lowest BCUT2D eigenvalue weighted by molar-refractivity contribution is 0.0720. The Morgan fingerprint density at radius 3 is 2.79 bits per heavy atom. The highest BCUT2D eigenvalue weighted by molar-refractivity contribution is 5.93. The first-order valence-electron chi connectivity index (χ1n) is 7.86. The van der Waals surface area contributed by atoms with Crippen LogP contribution in [0.1, 0.15) is 40.8 Å². The summed E-state index contributed by atoms with van der Waals surface area (Å²) in [6.45, 7) is 2.49. The highest BCUT2D eigenvalue weighted by atomic mass is 16.6. The Morgan fingerprint density at radius 1 is 1.21 bits per heavy atom. The largest absolute Gasteiger partial charge is 0.355 e. The van der Waals surface area contributed by atoms with Crippen LogP contribution in [0.2, 0.25) is 0 Å². The van der Waals surface area contributed by atoms with E-state index in [0.29, 0.717) is 29.4 Å². The minimum absolute atomic E-state index is 0.124. The molecule has 0 radical (unpaired) electrons. The molecule has 0 spiro atoms. The lowest BCUT2D eigenvalue weighted by atomic mass is 10.1. The summed E-state index contributed by atoms with van der Waals surface area (Å²) in [6.07, 6.45) is 1.75. The summed E-state index contributed by atoms with van der Waals surface area (Å²) in [6, 6.07) is 11.1. The van der Waals surface area contributed by atoms with Gasteiger partial charge >= 0.3 is 0 Å². The van der Waals surface area contributed by atoms with E-state index in [2.05, 4.69) is 15.5 Å². The maximum Gasteiger partial charge on any atom is 0.276 e. The van der Waals surface area contributed by atoms with E-state index in [1.165, 1.54) is 0 Å². The number of amides is 1. The predicted octanol–water partition coefficient (Wildman–Crippen LogP) is 3.01. The fourth-order valence-corrected chi connectivity index (χ4v) is 3.10. The number of likely N-dealkylation sites (tertiary alicyclic amines) is 1. The van der Waals surface area contributed by atoms with Gasteiger partial charge in [-0.05, 0) is 19.8 Å². The van der Waals surface area contributed by atoms with Gasteiger partial charge in [-0.15, -0.1) is 0 Å². The molecule has 1 aromatic carbocycles. The van der Waals surface area contributed by atoms with Crippen LogP contribution in [-0.2, 0) is 0 Å². The van der Waals surface area contributed by atoms with Crippen molar-refractivity contribution < 1.29 is 13.9 Å². The predicted molar refractivity (Wildman–Crippen MR) is 84.0 cm³/mol. The Labute approximate surface area is 138 Å². The van der Waals surface area contributed by atoms with E-state index in [9.17, 15) is 4.79 Å². The average molecular weight is 324 g/mol. The number of nitrogens with zero attached hydrogens (tertiary/aromatic N) is 4. The van der Waals surface area contributed by atoms with Gasteiger partial charge in [-0.25, -0.2) is 4.63 Å². The Kier molecular flexibility index (Phi) is 3.60. The second-order valence-electron chi connectivity index (χ2n) is 5.83. The molecular formula is C17H16N4O3. The molecular weight excluding hydrogens is 308 g/mol. The SMILES string of the molecule is Cc1nonc1[C@H]1CCCN1C(=O)c1cc(-c2ccccc2)on1. The number of carbonyl (C=O) groups excluding carboxylic acids is 1. The van der Waals surface area contributed by atoms with E-state index >= 15 is 0 Å². The fourth-order valence-electron chi connectivity index (χ4n) is 3.10. The van der Waals surface area contributed by atoms with E-state index in [0.717, 1.165) is 18.4 Å². The molecule has 1 amide bonds. The molecule has 0 aliphatic carbocycles. The fraction of sp³-hybridized carbons (Fsp3) is 0.294. The van der Waals surface area contributed by atoms with E-state index in [1.807, 2.05) is 37.3 Å². The van der Waals surface area contributed by atoms with E-state index in [-0.39, 0.29) is 11.9 Å². The maximum absolute atomic E-state index is 12.8. The zero-order valence-corrected chi connectivity index (χ0v) is 13.2. The summed E-state index contributed by atoms with van der Waals surface area (Å²) in [4.78, 5) is 14.6. The topological polar surface area (TPSA) is 85.3 Å². The van der Waals surface area contributed by atoms with Crippen LogP contribution in [0.5, 0.6) is 0 Å². The third-order valence-corrected chi connectivity index (χ3v) is 4.30. The molecule has 0 unspecified atom stereocenters. The number of carbonyl (C=O) groups is 1. The quantitative estimate of drug-likeness (QED) is 0.736. The van der Waals surface area contributed by atoms with Crippen molar-refractivity contribution in [3.8, 4) is 11.3 Å². The normalized spacial score (nSPS) is 17.4. The first kappa shape index (κ1) is 14.6. The summed E-state index contributed by atoms with van der Waals surface area (Å²) in [5.41, 5.74) is 2.62. The molecule has 3 aromatic rings. The molecule has 1 aliphatic heterocycles. The summed E-state index contributed by atoms with van der Waals surface area (Å²) < 4.78 is 10.1. The Balaban J connectivity index is 1.60. The van der Waals surface area contributed by atoms with Crippen LogP contribution in [0.15, 0.2) is 45.6 Å². The third kappa shape index (κ3) is 2.47. The highest BCUT2D eigenvalue weighted by Gasteiger charge is 2.35. The first-order valence-corrected chi connectivity index (χ1v) is 7.86. The number of rotatable bonds is 3. The van der Waals surface area contributed by atoms with Gasteiger partial charge in [0.15, 0.2) is 11.5 Å². The first-order chi connectivity index (χ1) is 11.7. The monoisotopic (exact) mass is 324 g/mol. The molecule has 1 fully saturated rings. The molecule has 1 saturated heterocycles. The standard InChI is InChI=1S/C17H16N4O3/c1-11-16(20-24-18-11)14-8-5-9-21(14)17(22)13-10-15(23-19-13)12-6-3-2-4-7-12/h2-4,6-7,10,14H,5,8-9H2,1H3/t14-/m1/s1. The van der Waals surface area contributed by atoms with Gasteiger partial charge in [0.25, 0.3) is 5.91 Å². The third-order valence-electron chi connectivity index (χ3n) is 4.30. The van der Waals surface area contributed by atoms with Gasteiger partial charge in [0.05, 0.1) is 6.04 Å². The average Bonchev–Trinajstić information content (AvgIpc) is 3.35. The molecule has 4 rings (SSSR count). The zero-order valence-electron chi connectivity index (χ0n) is 13.2. The van der Waals surface area contributed by atoms with Crippen LogP contribution in [0.25, 0.3) is 11.3 Å². The molecule has 0 N–H and O–H groups in total. The van der Waals surface area contributed by atoms with Crippen molar-refractivity contribution in [1.82, 2.24) is 20.4 Å². The second kappa shape index (κ2) is 5.92. The number of hydrogen-bond donors (Lipinski definition) is 0. The van der Waals surface area contributed by atoms with Crippen LogP contribution in [0, 0.1) is 6.92 Å². The lowest BCUT2D eigenvalue weighted by Gasteiger charge is -2.21. The van der Waals surface area contributed by atoms with Crippen molar-refractivity contribution in [1.29, 1.82) is 0 Å². The molecule has 122 valence electrons. The number of aryl methyl sites for hydroxylation is 1. The Morgan fingerprint density at radius 2 is 2.04 bits per heavy atom. The van der Waals surface area contributed by atoms with Crippen LogP contribution >= 0.6 is 0 Å². The molecule has 1 atom stereocenters. The highest BCUT2D eigenvalue weighted by Crippen LogP contribution is 2.33. The van der Waals surface area contributed by atoms with Gasteiger partial charge in [0, 0.05) is 18.2 Å². The van der Waals surface area contributed by atoms with Gasteiger partial charge < -0.3 is 9.42 Å². The molecule has 0 saturated carbocycles. The molecule has 3 heterocycles. The van der Waals surface area contributed by atoms with Gasteiger partial charge in [-0.1, -0.05) is 45.8 Å². The van der Waals surface area contributed by atoms with Crippen molar-refractivity contribution in [3.63, 3.8) is 0 Å². The van der Waals surface area contributed by atoms with Gasteiger partial charge in [0.1, 0.15) is 11.4 Å². The van der Waals surface area contributed by atoms with Gasteiger partial charge in [0.2, 0.25) is 0 Å². The van der Waals surface area contributed by atoms with Crippen molar-refractivity contribution >= 4 is 5.91 Å². The smallest absolute Gasteiger partial charge is 0.276 e. The summed E-state index contributed by atoms with van der Waals surface area (Å²) in [5, 5.41) is 11.7. The molecule has 0 bridgehead atoms. The van der Waals surface area contributed by atoms with E-state index < -0.39 is 0 Å². The summed E-state index contributed by atoms with van der Waals surface area (Å²) in [5.74, 6) is 0.416. The van der Waals surface area contributed by atoms with Crippen molar-refractivity contribution in [2.45, 2.75) is 25.8 Å². The van der Waals surface area contributed by atoms with E-state index in [4.69, 9.17) is 9.15 Å². The van der Waals surface area contributed by atoms with E-state index in [1.54, 1.807) is 11.0 Å². The zero-order chi connectivity index (χ0) is 16.5. The Bertz CT molecular complexity index is 856. The minimum Gasteiger partial charge on any atom is -0.355 e. The molecule has 1 aliphatic rings. The molecule has 7 nitrogen and oxygen atoms in total. The van der Waals surface area contributed by atoms with Crippen LogP contribution in [-0.4, -0.2) is 32.8 Å². The van der Waals surface area contributed by atoms with Gasteiger partial charge in [-0.2, -0.15) is 0 Å². The van der Waals surface area contributed by atoms with Crippen molar-refractivity contribution in [2.75, 3.05) is 6.54 Å². The molecule has 2 aromatic heterocycles. The number of hydrogen-bond acceptors (Lipinski definition) is 6.